The normalized spacial score (nSPS) is 24.1. The second-order valence-electron chi connectivity index (χ2n) is 5.56. The summed E-state index contributed by atoms with van der Waals surface area (Å²) in [5.74, 6) is -0.354. The van der Waals surface area contributed by atoms with Gasteiger partial charge in [-0.15, -0.1) is 6.58 Å². The number of aliphatic hydroxyl groups is 1. The molecule has 1 aliphatic heterocycles. The maximum atomic E-state index is 11.4. The average Bonchev–Trinajstić information content (AvgIpc) is 2.67. The molecule has 2 atom stereocenters. The van der Waals surface area contributed by atoms with E-state index in [0.29, 0.717) is 5.57 Å². The van der Waals surface area contributed by atoms with Crippen molar-refractivity contribution in [3.05, 3.63) is 24.3 Å². The lowest BCUT2D eigenvalue weighted by molar-refractivity contribution is -0.138. The third-order valence-electron chi connectivity index (χ3n) is 3.77. The number of ether oxygens (including phenoxy) is 1. The van der Waals surface area contributed by atoms with Crippen LogP contribution in [-0.2, 0) is 9.53 Å². The Morgan fingerprint density at radius 3 is 2.15 bits per heavy atom. The Bertz CT molecular complexity index is 333. The average molecular weight is 280 g/mol. The van der Waals surface area contributed by atoms with Crippen molar-refractivity contribution in [2.45, 2.75) is 76.9 Å². The van der Waals surface area contributed by atoms with Crippen molar-refractivity contribution < 1.29 is 14.6 Å². The fourth-order valence-corrected chi connectivity index (χ4v) is 2.45. The SMILES string of the molecule is C=CCCCCCCCCC/C=C1/C(=O)O[C@@H](C)[C@H]1O. The van der Waals surface area contributed by atoms with Gasteiger partial charge in [0, 0.05) is 0 Å². The van der Waals surface area contributed by atoms with Crippen LogP contribution in [0.5, 0.6) is 0 Å². The van der Waals surface area contributed by atoms with Gasteiger partial charge in [-0.05, 0) is 32.6 Å². The molecule has 0 radical (unpaired) electrons. The Balaban J connectivity index is 2.02. The number of aliphatic hydroxyl groups excluding tert-OH is 1. The van der Waals surface area contributed by atoms with Crippen LogP contribution in [0.4, 0.5) is 0 Å². The summed E-state index contributed by atoms with van der Waals surface area (Å²) in [6.45, 7) is 5.44. The topological polar surface area (TPSA) is 46.5 Å². The fraction of sp³-hybridized carbons (Fsp3) is 0.706. The number of allylic oxidation sites excluding steroid dienone is 2. The van der Waals surface area contributed by atoms with Crippen LogP contribution in [-0.4, -0.2) is 23.3 Å². The zero-order valence-corrected chi connectivity index (χ0v) is 12.6. The van der Waals surface area contributed by atoms with Crippen molar-refractivity contribution in [1.29, 1.82) is 0 Å². The second-order valence-corrected chi connectivity index (χ2v) is 5.56. The van der Waals surface area contributed by atoms with Crippen LogP contribution >= 0.6 is 0 Å². The molecule has 0 aromatic heterocycles. The highest BCUT2D eigenvalue weighted by atomic mass is 16.6. The maximum absolute atomic E-state index is 11.4. The Hall–Kier alpha value is -1.09. The van der Waals surface area contributed by atoms with Crippen molar-refractivity contribution in [2.24, 2.45) is 0 Å². The van der Waals surface area contributed by atoms with Gasteiger partial charge >= 0.3 is 5.97 Å². The first-order valence-corrected chi connectivity index (χ1v) is 7.86. The zero-order chi connectivity index (χ0) is 14.8. The summed E-state index contributed by atoms with van der Waals surface area (Å²) in [7, 11) is 0. The molecule has 0 bridgehead atoms. The molecule has 1 fully saturated rings. The summed E-state index contributed by atoms with van der Waals surface area (Å²) in [5, 5.41) is 9.75. The first kappa shape index (κ1) is 17.0. The van der Waals surface area contributed by atoms with E-state index >= 15 is 0 Å². The monoisotopic (exact) mass is 280 g/mol. The number of hydrogen-bond acceptors (Lipinski definition) is 3. The molecule has 0 aromatic carbocycles. The van der Waals surface area contributed by atoms with Crippen LogP contribution in [0.1, 0.15) is 64.7 Å². The summed E-state index contributed by atoms with van der Waals surface area (Å²) in [4.78, 5) is 11.4. The number of hydrogen-bond donors (Lipinski definition) is 1. The molecular formula is C17H28O3. The minimum Gasteiger partial charge on any atom is -0.456 e. The van der Waals surface area contributed by atoms with Crippen LogP contribution in [0.3, 0.4) is 0 Å². The van der Waals surface area contributed by atoms with Crippen molar-refractivity contribution >= 4 is 5.97 Å². The molecule has 1 rings (SSSR count). The minimum atomic E-state index is -0.743. The largest absolute Gasteiger partial charge is 0.456 e. The Kier molecular flexibility index (Phi) is 8.28. The number of cyclic esters (lactones) is 1. The molecule has 0 unspecified atom stereocenters. The Labute approximate surface area is 122 Å². The van der Waals surface area contributed by atoms with E-state index in [2.05, 4.69) is 6.58 Å². The number of unbranched alkanes of at least 4 members (excludes halogenated alkanes) is 8. The van der Waals surface area contributed by atoms with Gasteiger partial charge < -0.3 is 9.84 Å². The predicted octanol–water partition coefficient (Wildman–Crippen LogP) is 3.92. The van der Waals surface area contributed by atoms with Gasteiger partial charge in [0.15, 0.2) is 0 Å². The smallest absolute Gasteiger partial charge is 0.336 e. The lowest BCUT2D eigenvalue weighted by atomic mass is 10.0. The van der Waals surface area contributed by atoms with Crippen molar-refractivity contribution in [3.63, 3.8) is 0 Å². The van der Waals surface area contributed by atoms with Crippen LogP contribution in [0.25, 0.3) is 0 Å². The first-order valence-electron chi connectivity index (χ1n) is 7.86. The van der Waals surface area contributed by atoms with Crippen LogP contribution in [0.15, 0.2) is 24.3 Å². The lowest BCUT2D eigenvalue weighted by Gasteiger charge is -2.04. The molecule has 20 heavy (non-hydrogen) atoms. The molecule has 0 saturated carbocycles. The standard InChI is InChI=1S/C17H28O3/c1-3-4-5-6-7-8-9-10-11-12-13-15-16(18)14(2)20-17(15)19/h3,13-14,16,18H,1,4-12H2,2H3/b15-13+/t14-,16+/m0/s1. The molecule has 1 aliphatic rings. The summed E-state index contributed by atoms with van der Waals surface area (Å²) in [6, 6.07) is 0. The number of rotatable bonds is 10. The van der Waals surface area contributed by atoms with Gasteiger partial charge in [0.1, 0.15) is 12.2 Å². The first-order chi connectivity index (χ1) is 9.66. The van der Waals surface area contributed by atoms with Gasteiger partial charge in [-0.3, -0.25) is 0 Å². The number of carbonyl (C=O) groups excluding carboxylic acids is 1. The van der Waals surface area contributed by atoms with E-state index in [9.17, 15) is 9.90 Å². The third-order valence-corrected chi connectivity index (χ3v) is 3.77. The second kappa shape index (κ2) is 9.76. The van der Waals surface area contributed by atoms with E-state index in [1.54, 1.807) is 6.92 Å². The molecule has 1 saturated heterocycles. The molecule has 3 nitrogen and oxygen atoms in total. The third kappa shape index (κ3) is 5.91. The van der Waals surface area contributed by atoms with Crippen molar-refractivity contribution in [2.75, 3.05) is 0 Å². The fourth-order valence-electron chi connectivity index (χ4n) is 2.45. The van der Waals surface area contributed by atoms with E-state index in [1.165, 1.54) is 38.5 Å². The van der Waals surface area contributed by atoms with Gasteiger partial charge in [0.05, 0.1) is 5.57 Å². The van der Waals surface area contributed by atoms with Gasteiger partial charge in [0.2, 0.25) is 0 Å². The van der Waals surface area contributed by atoms with E-state index in [4.69, 9.17) is 4.74 Å². The highest BCUT2D eigenvalue weighted by molar-refractivity contribution is 5.92. The lowest BCUT2D eigenvalue weighted by Crippen LogP contribution is -2.17. The maximum Gasteiger partial charge on any atom is 0.336 e. The molecule has 3 heteroatoms. The van der Waals surface area contributed by atoms with Gasteiger partial charge in [-0.1, -0.05) is 44.3 Å². The van der Waals surface area contributed by atoms with Crippen LogP contribution in [0, 0.1) is 0 Å². The highest BCUT2D eigenvalue weighted by Crippen LogP contribution is 2.22. The zero-order valence-electron chi connectivity index (χ0n) is 12.6. The number of carbonyl (C=O) groups is 1. The van der Waals surface area contributed by atoms with E-state index in [1.807, 2.05) is 12.2 Å². The molecule has 0 aromatic rings. The Morgan fingerprint density at radius 1 is 1.10 bits per heavy atom. The summed E-state index contributed by atoms with van der Waals surface area (Å²) in [6.07, 6.45) is 13.3. The van der Waals surface area contributed by atoms with Crippen molar-refractivity contribution in [3.8, 4) is 0 Å². The quantitative estimate of drug-likeness (QED) is 0.285. The van der Waals surface area contributed by atoms with Gasteiger partial charge in [-0.2, -0.15) is 0 Å². The molecule has 0 spiro atoms. The van der Waals surface area contributed by atoms with Gasteiger partial charge in [-0.25, -0.2) is 4.79 Å². The predicted molar refractivity (Wildman–Crippen MR) is 81.4 cm³/mol. The number of esters is 1. The summed E-state index contributed by atoms with van der Waals surface area (Å²) >= 11 is 0. The van der Waals surface area contributed by atoms with Gasteiger partial charge in [0.25, 0.3) is 0 Å². The molecule has 114 valence electrons. The summed E-state index contributed by atoms with van der Waals surface area (Å²) < 4.78 is 4.96. The Morgan fingerprint density at radius 2 is 1.65 bits per heavy atom. The van der Waals surface area contributed by atoms with E-state index in [-0.39, 0.29) is 5.97 Å². The van der Waals surface area contributed by atoms with Crippen LogP contribution < -0.4 is 0 Å². The van der Waals surface area contributed by atoms with E-state index < -0.39 is 12.2 Å². The minimum absolute atomic E-state index is 0.354. The molecule has 1 heterocycles. The van der Waals surface area contributed by atoms with E-state index in [0.717, 1.165) is 19.3 Å². The van der Waals surface area contributed by atoms with Crippen molar-refractivity contribution in [1.82, 2.24) is 0 Å². The summed E-state index contributed by atoms with van der Waals surface area (Å²) in [5.41, 5.74) is 0.446. The molecule has 0 amide bonds. The molecular weight excluding hydrogens is 252 g/mol. The molecule has 1 N–H and O–H groups in total. The highest BCUT2D eigenvalue weighted by Gasteiger charge is 2.34. The van der Waals surface area contributed by atoms with Crippen LogP contribution in [0.2, 0.25) is 0 Å². The molecule has 0 aliphatic carbocycles.